The third-order valence-electron chi connectivity index (χ3n) is 3.12. The van der Waals surface area contributed by atoms with Gasteiger partial charge in [-0.25, -0.2) is 4.39 Å². The van der Waals surface area contributed by atoms with Crippen LogP contribution in [0.25, 0.3) is 10.9 Å². The molecular weight excluding hydrogens is 289 g/mol. The molecule has 0 spiro atoms. The molecule has 7 heteroatoms. The quantitative estimate of drug-likeness (QED) is 0.655. The number of amides is 1. The van der Waals surface area contributed by atoms with E-state index in [-0.39, 0.29) is 5.56 Å². The zero-order chi connectivity index (χ0) is 15.9. The lowest BCUT2D eigenvalue weighted by atomic mass is 10.1. The highest BCUT2D eigenvalue weighted by atomic mass is 19.1. The van der Waals surface area contributed by atoms with Crippen molar-refractivity contribution in [2.24, 2.45) is 0 Å². The van der Waals surface area contributed by atoms with Gasteiger partial charge in [0.05, 0.1) is 12.2 Å². The van der Waals surface area contributed by atoms with Gasteiger partial charge in [-0.05, 0) is 18.2 Å². The zero-order valence-electron chi connectivity index (χ0n) is 12.2. The minimum absolute atomic E-state index is 0.162. The van der Waals surface area contributed by atoms with E-state index < -0.39 is 17.3 Å². The molecule has 0 bridgehead atoms. The summed E-state index contributed by atoms with van der Waals surface area (Å²) in [5, 5.41) is 6.16. The molecule has 0 unspecified atom stereocenters. The number of fused-ring (bicyclic) bond motifs is 1. The lowest BCUT2D eigenvalue weighted by Crippen LogP contribution is -2.33. The fourth-order valence-electron chi connectivity index (χ4n) is 2.07. The SMILES string of the molecule is COCCNCCNC(=O)c1cc(=O)[nH]c2ccc(F)cc12. The van der Waals surface area contributed by atoms with Crippen molar-refractivity contribution in [3.05, 3.63) is 46.0 Å². The van der Waals surface area contributed by atoms with E-state index in [1.54, 1.807) is 7.11 Å². The molecule has 6 nitrogen and oxygen atoms in total. The standard InChI is InChI=1S/C15H18FN3O3/c1-22-7-6-17-4-5-18-15(21)12-9-14(20)19-13-3-2-10(16)8-11(12)13/h2-3,8-9,17H,4-7H2,1H3,(H,18,21)(H,19,20). The second-order valence-corrected chi connectivity index (χ2v) is 4.74. The summed E-state index contributed by atoms with van der Waals surface area (Å²) in [6, 6.07) is 5.08. The second-order valence-electron chi connectivity index (χ2n) is 4.74. The zero-order valence-corrected chi connectivity index (χ0v) is 12.2. The van der Waals surface area contributed by atoms with Crippen LogP contribution in [0.5, 0.6) is 0 Å². The first-order valence-electron chi connectivity index (χ1n) is 6.92. The van der Waals surface area contributed by atoms with Crippen LogP contribution in [0.2, 0.25) is 0 Å². The summed E-state index contributed by atoms with van der Waals surface area (Å²) < 4.78 is 18.2. The molecule has 1 aromatic heterocycles. The number of H-pyrrole nitrogens is 1. The Kier molecular flexibility index (Phi) is 5.62. The van der Waals surface area contributed by atoms with Gasteiger partial charge in [0.2, 0.25) is 5.56 Å². The molecule has 2 rings (SSSR count). The first-order valence-corrected chi connectivity index (χ1v) is 6.92. The number of ether oxygens (including phenoxy) is 1. The van der Waals surface area contributed by atoms with Gasteiger partial charge in [0.15, 0.2) is 0 Å². The van der Waals surface area contributed by atoms with Gasteiger partial charge in [-0.2, -0.15) is 0 Å². The van der Waals surface area contributed by atoms with E-state index in [4.69, 9.17) is 4.74 Å². The molecule has 2 aromatic rings. The van der Waals surface area contributed by atoms with Crippen LogP contribution in [-0.2, 0) is 4.74 Å². The average molecular weight is 307 g/mol. The molecule has 22 heavy (non-hydrogen) atoms. The molecule has 0 fully saturated rings. The molecule has 0 aliphatic rings. The number of aromatic nitrogens is 1. The highest BCUT2D eigenvalue weighted by Gasteiger charge is 2.12. The topological polar surface area (TPSA) is 83.2 Å². The van der Waals surface area contributed by atoms with E-state index in [9.17, 15) is 14.0 Å². The van der Waals surface area contributed by atoms with Crippen LogP contribution in [0, 0.1) is 5.82 Å². The number of halogens is 1. The van der Waals surface area contributed by atoms with E-state index in [2.05, 4.69) is 15.6 Å². The average Bonchev–Trinajstić information content (AvgIpc) is 2.50. The summed E-state index contributed by atoms with van der Waals surface area (Å²) >= 11 is 0. The van der Waals surface area contributed by atoms with Gasteiger partial charge in [-0.1, -0.05) is 0 Å². The Bertz CT molecular complexity index is 715. The summed E-state index contributed by atoms with van der Waals surface area (Å²) in [6.07, 6.45) is 0. The minimum atomic E-state index is -0.463. The first kappa shape index (κ1) is 16.1. The van der Waals surface area contributed by atoms with Crippen LogP contribution in [0.15, 0.2) is 29.1 Å². The lowest BCUT2D eigenvalue weighted by Gasteiger charge is -2.08. The summed E-state index contributed by atoms with van der Waals surface area (Å²) in [7, 11) is 1.61. The smallest absolute Gasteiger partial charge is 0.252 e. The molecule has 118 valence electrons. The van der Waals surface area contributed by atoms with Gasteiger partial charge in [0, 0.05) is 43.7 Å². The maximum atomic E-state index is 13.4. The van der Waals surface area contributed by atoms with Gasteiger partial charge in [0.1, 0.15) is 5.82 Å². The van der Waals surface area contributed by atoms with E-state index >= 15 is 0 Å². The van der Waals surface area contributed by atoms with Crippen LogP contribution in [-0.4, -0.2) is 44.2 Å². The number of hydrogen-bond donors (Lipinski definition) is 3. The molecule has 1 amide bonds. The molecule has 0 saturated carbocycles. The fraction of sp³-hybridized carbons (Fsp3) is 0.333. The van der Waals surface area contributed by atoms with E-state index in [1.807, 2.05) is 0 Å². The molecule has 0 aliphatic heterocycles. The van der Waals surface area contributed by atoms with Crippen molar-refractivity contribution in [1.29, 1.82) is 0 Å². The van der Waals surface area contributed by atoms with Crippen LogP contribution < -0.4 is 16.2 Å². The van der Waals surface area contributed by atoms with Crippen molar-refractivity contribution >= 4 is 16.8 Å². The third kappa shape index (κ3) is 4.12. The molecule has 1 heterocycles. The summed E-state index contributed by atoms with van der Waals surface area (Å²) in [6.45, 7) is 2.24. The molecular formula is C15H18FN3O3. The number of pyridine rings is 1. The van der Waals surface area contributed by atoms with Crippen LogP contribution in [0.4, 0.5) is 4.39 Å². The number of methoxy groups -OCH3 is 1. The van der Waals surface area contributed by atoms with Gasteiger partial charge in [-0.15, -0.1) is 0 Å². The molecule has 0 radical (unpaired) electrons. The maximum Gasteiger partial charge on any atom is 0.252 e. The summed E-state index contributed by atoms with van der Waals surface area (Å²) in [5.41, 5.74) is 0.190. The highest BCUT2D eigenvalue weighted by molar-refractivity contribution is 6.05. The van der Waals surface area contributed by atoms with Crippen LogP contribution >= 0.6 is 0 Å². The van der Waals surface area contributed by atoms with Crippen molar-refractivity contribution in [1.82, 2.24) is 15.6 Å². The fourth-order valence-corrected chi connectivity index (χ4v) is 2.07. The summed E-state index contributed by atoms with van der Waals surface area (Å²) in [4.78, 5) is 26.3. The largest absolute Gasteiger partial charge is 0.383 e. The van der Waals surface area contributed by atoms with Crippen LogP contribution in [0.3, 0.4) is 0 Å². The van der Waals surface area contributed by atoms with Gasteiger partial charge in [-0.3, -0.25) is 9.59 Å². The number of carbonyl (C=O) groups is 1. The van der Waals surface area contributed by atoms with Crippen molar-refractivity contribution in [3.8, 4) is 0 Å². The number of nitrogens with one attached hydrogen (secondary N) is 3. The molecule has 3 N–H and O–H groups in total. The van der Waals surface area contributed by atoms with E-state index in [1.165, 1.54) is 24.3 Å². The Balaban J connectivity index is 2.07. The Morgan fingerprint density at radius 1 is 1.27 bits per heavy atom. The van der Waals surface area contributed by atoms with E-state index in [0.29, 0.717) is 37.1 Å². The van der Waals surface area contributed by atoms with Crippen molar-refractivity contribution in [2.45, 2.75) is 0 Å². The number of rotatable bonds is 7. The van der Waals surface area contributed by atoms with Gasteiger partial charge in [0.25, 0.3) is 5.91 Å². The molecule has 1 aromatic carbocycles. The minimum Gasteiger partial charge on any atom is -0.383 e. The lowest BCUT2D eigenvalue weighted by molar-refractivity contribution is 0.0955. The van der Waals surface area contributed by atoms with Crippen molar-refractivity contribution in [2.75, 3.05) is 33.4 Å². The number of aromatic amines is 1. The predicted molar refractivity (Wildman–Crippen MR) is 81.6 cm³/mol. The van der Waals surface area contributed by atoms with E-state index in [0.717, 1.165) is 0 Å². The monoisotopic (exact) mass is 307 g/mol. The molecule has 0 saturated heterocycles. The predicted octanol–water partition coefficient (Wildman–Crippen LogP) is 0.633. The van der Waals surface area contributed by atoms with Gasteiger partial charge < -0.3 is 20.4 Å². The summed E-state index contributed by atoms with van der Waals surface area (Å²) in [5.74, 6) is -0.870. The Hall–Kier alpha value is -2.25. The third-order valence-corrected chi connectivity index (χ3v) is 3.12. The normalized spacial score (nSPS) is 10.8. The number of benzene rings is 1. The Morgan fingerprint density at radius 2 is 2.09 bits per heavy atom. The Morgan fingerprint density at radius 3 is 2.86 bits per heavy atom. The second kappa shape index (κ2) is 7.67. The maximum absolute atomic E-state index is 13.4. The van der Waals surface area contributed by atoms with Crippen LogP contribution in [0.1, 0.15) is 10.4 Å². The van der Waals surface area contributed by atoms with Crippen molar-refractivity contribution in [3.63, 3.8) is 0 Å². The van der Waals surface area contributed by atoms with Crippen molar-refractivity contribution < 1.29 is 13.9 Å². The molecule has 0 atom stereocenters. The number of hydrogen-bond acceptors (Lipinski definition) is 4. The first-order chi connectivity index (χ1) is 10.6. The van der Waals surface area contributed by atoms with Gasteiger partial charge >= 0.3 is 0 Å². The highest BCUT2D eigenvalue weighted by Crippen LogP contribution is 2.16. The Labute approximate surface area is 126 Å². The number of carbonyl (C=O) groups excluding carboxylic acids is 1. The molecule has 0 aliphatic carbocycles.